The molecule has 1 heterocycles. The second kappa shape index (κ2) is 8.39. The Morgan fingerprint density at radius 1 is 1.04 bits per heavy atom. The van der Waals surface area contributed by atoms with E-state index in [1.54, 1.807) is 41.3 Å². The summed E-state index contributed by atoms with van der Waals surface area (Å²) in [4.78, 5) is 16.6. The van der Waals surface area contributed by atoms with Crippen LogP contribution in [0.2, 0.25) is 0 Å². The zero-order chi connectivity index (χ0) is 18.5. The van der Waals surface area contributed by atoms with Gasteiger partial charge in [-0.05, 0) is 42.0 Å². The maximum absolute atomic E-state index is 13.0. The molecule has 0 bridgehead atoms. The molecule has 3 rings (SSSR count). The molecule has 0 aromatic heterocycles. The maximum Gasteiger partial charge on any atom is 0.259 e. The van der Waals surface area contributed by atoms with Crippen molar-refractivity contribution in [2.45, 2.75) is 6.54 Å². The summed E-state index contributed by atoms with van der Waals surface area (Å²) in [5, 5.41) is 0. The summed E-state index contributed by atoms with van der Waals surface area (Å²) in [6, 6.07) is 13.0. The zero-order valence-corrected chi connectivity index (χ0v) is 14.9. The molecule has 1 amide bonds. The molecule has 8 heteroatoms. The van der Waals surface area contributed by atoms with Crippen LogP contribution in [0.1, 0.15) is 15.9 Å². The Morgan fingerprint density at radius 2 is 1.65 bits per heavy atom. The van der Waals surface area contributed by atoms with E-state index in [1.807, 2.05) is 0 Å². The quantitative estimate of drug-likeness (QED) is 0.785. The number of hydrogen-bond donors (Lipinski definition) is 2. The Kier molecular flexibility index (Phi) is 5.97. The molecule has 1 aliphatic heterocycles. The third-order valence-corrected chi connectivity index (χ3v) is 4.73. The number of nitrogens with one attached hydrogen (secondary N) is 1. The maximum atomic E-state index is 13.0. The van der Waals surface area contributed by atoms with Gasteiger partial charge in [0.2, 0.25) is 0 Å². The van der Waals surface area contributed by atoms with Gasteiger partial charge in [0.25, 0.3) is 17.2 Å². The monoisotopic (exact) mass is 377 g/mol. The van der Waals surface area contributed by atoms with Gasteiger partial charge < -0.3 is 4.90 Å². The van der Waals surface area contributed by atoms with Gasteiger partial charge in [0, 0.05) is 44.0 Å². The number of piperazine rings is 1. The molecule has 1 fully saturated rings. The Morgan fingerprint density at radius 3 is 2.23 bits per heavy atom. The van der Waals surface area contributed by atoms with Gasteiger partial charge in [-0.25, -0.2) is 8.60 Å². The molecule has 26 heavy (non-hydrogen) atoms. The molecule has 0 aliphatic carbocycles. The van der Waals surface area contributed by atoms with Crippen LogP contribution < -0.4 is 4.72 Å². The number of carbonyl (C=O) groups is 1. The molecule has 0 spiro atoms. The minimum absolute atomic E-state index is 0.0527. The lowest BCUT2D eigenvalue weighted by molar-refractivity contribution is 0.0628. The van der Waals surface area contributed by atoms with E-state index in [-0.39, 0.29) is 11.7 Å². The first kappa shape index (κ1) is 18.5. The van der Waals surface area contributed by atoms with Crippen molar-refractivity contribution in [1.82, 2.24) is 9.80 Å². The summed E-state index contributed by atoms with van der Waals surface area (Å²) in [6.07, 6.45) is 0. The highest BCUT2D eigenvalue weighted by Crippen LogP contribution is 2.15. The van der Waals surface area contributed by atoms with Crippen molar-refractivity contribution in [2.24, 2.45) is 0 Å². The van der Waals surface area contributed by atoms with Crippen LogP contribution in [0.3, 0.4) is 0 Å². The number of hydrogen-bond acceptors (Lipinski definition) is 3. The van der Waals surface area contributed by atoms with E-state index in [9.17, 15) is 13.4 Å². The Hall–Kier alpha value is -2.29. The van der Waals surface area contributed by atoms with Crippen LogP contribution in [-0.2, 0) is 17.8 Å². The molecular formula is C18H20FN3O3S. The number of halogens is 1. The average molecular weight is 377 g/mol. The molecule has 1 saturated heterocycles. The second-order valence-electron chi connectivity index (χ2n) is 6.12. The van der Waals surface area contributed by atoms with E-state index in [4.69, 9.17) is 4.55 Å². The molecule has 1 unspecified atom stereocenters. The normalized spacial score (nSPS) is 16.3. The highest BCUT2D eigenvalue weighted by molar-refractivity contribution is 7.80. The van der Waals surface area contributed by atoms with Gasteiger partial charge in [0.05, 0.1) is 0 Å². The fraction of sp³-hybridized carbons (Fsp3) is 0.278. The first-order chi connectivity index (χ1) is 12.5. The highest BCUT2D eigenvalue weighted by Gasteiger charge is 2.22. The van der Waals surface area contributed by atoms with Crippen LogP contribution in [0.25, 0.3) is 0 Å². The minimum atomic E-state index is -2.13. The van der Waals surface area contributed by atoms with Gasteiger partial charge in [-0.15, -0.1) is 0 Å². The molecule has 1 atom stereocenters. The van der Waals surface area contributed by atoms with Gasteiger partial charge in [-0.2, -0.15) is 0 Å². The molecular weight excluding hydrogens is 357 g/mol. The fourth-order valence-corrected chi connectivity index (χ4v) is 3.26. The summed E-state index contributed by atoms with van der Waals surface area (Å²) in [6.45, 7) is 3.50. The first-order valence-electron chi connectivity index (χ1n) is 8.25. The number of amides is 1. The molecule has 2 N–H and O–H groups in total. The fourth-order valence-electron chi connectivity index (χ4n) is 2.92. The van der Waals surface area contributed by atoms with Crippen LogP contribution in [0.15, 0.2) is 48.5 Å². The largest absolute Gasteiger partial charge is 0.336 e. The predicted molar refractivity (Wildman–Crippen MR) is 98.4 cm³/mol. The number of rotatable bonds is 5. The molecule has 0 radical (unpaired) electrons. The third kappa shape index (κ3) is 4.87. The zero-order valence-electron chi connectivity index (χ0n) is 14.1. The van der Waals surface area contributed by atoms with Gasteiger partial charge >= 0.3 is 0 Å². The number of nitrogens with zero attached hydrogens (tertiary/aromatic N) is 2. The van der Waals surface area contributed by atoms with E-state index in [2.05, 4.69) is 9.62 Å². The van der Waals surface area contributed by atoms with Crippen molar-refractivity contribution in [3.63, 3.8) is 0 Å². The molecule has 2 aromatic carbocycles. The summed E-state index contributed by atoms with van der Waals surface area (Å²) >= 11 is -2.13. The van der Waals surface area contributed by atoms with Crippen molar-refractivity contribution < 1.29 is 17.9 Å². The topological polar surface area (TPSA) is 72.9 Å². The van der Waals surface area contributed by atoms with Crippen molar-refractivity contribution in [3.05, 3.63) is 65.5 Å². The van der Waals surface area contributed by atoms with Crippen LogP contribution in [-0.4, -0.2) is 50.6 Å². The van der Waals surface area contributed by atoms with Crippen molar-refractivity contribution in [2.75, 3.05) is 30.9 Å². The minimum Gasteiger partial charge on any atom is -0.336 e. The summed E-state index contributed by atoms with van der Waals surface area (Å²) in [5.74, 6) is -0.293. The number of anilines is 1. The molecule has 2 aromatic rings. The summed E-state index contributed by atoms with van der Waals surface area (Å²) in [5.41, 5.74) is 2.08. The lowest BCUT2D eigenvalue weighted by Gasteiger charge is -2.34. The molecule has 0 saturated carbocycles. The van der Waals surface area contributed by atoms with Gasteiger partial charge in [0.15, 0.2) is 0 Å². The summed E-state index contributed by atoms with van der Waals surface area (Å²) in [7, 11) is 0. The van der Waals surface area contributed by atoms with Crippen LogP contribution >= 0.6 is 0 Å². The molecule has 1 aliphatic rings. The Bertz CT molecular complexity index is 775. The van der Waals surface area contributed by atoms with Crippen molar-refractivity contribution in [1.29, 1.82) is 0 Å². The summed E-state index contributed by atoms with van der Waals surface area (Å²) < 4.78 is 34.8. The van der Waals surface area contributed by atoms with Crippen LogP contribution in [0.4, 0.5) is 10.1 Å². The molecule has 138 valence electrons. The predicted octanol–water partition coefficient (Wildman–Crippen LogP) is 2.33. The van der Waals surface area contributed by atoms with Crippen molar-refractivity contribution in [3.8, 4) is 0 Å². The smallest absolute Gasteiger partial charge is 0.259 e. The van der Waals surface area contributed by atoms with Crippen LogP contribution in [0, 0.1) is 5.82 Å². The SMILES string of the molecule is O=C(c1ccc(NS(=O)O)cc1)N1CCN(Cc2ccc(F)cc2)CC1. The Labute approximate surface area is 154 Å². The third-order valence-electron chi connectivity index (χ3n) is 4.32. The second-order valence-corrected chi connectivity index (χ2v) is 6.83. The van der Waals surface area contributed by atoms with E-state index >= 15 is 0 Å². The standard InChI is InChI=1S/C18H20FN3O3S/c19-16-5-1-14(2-6-16)13-21-9-11-22(12-10-21)18(23)15-3-7-17(8-4-15)20-26(24)25/h1-8,20H,9-13H2,(H,24,25). The number of carbonyl (C=O) groups excluding carboxylic acids is 1. The van der Waals surface area contributed by atoms with E-state index in [0.29, 0.717) is 24.3 Å². The van der Waals surface area contributed by atoms with Crippen molar-refractivity contribution >= 4 is 22.9 Å². The lowest BCUT2D eigenvalue weighted by atomic mass is 10.1. The molecule has 6 nitrogen and oxygen atoms in total. The van der Waals surface area contributed by atoms with E-state index in [1.165, 1.54) is 12.1 Å². The van der Waals surface area contributed by atoms with Gasteiger partial charge in [-0.1, -0.05) is 12.1 Å². The average Bonchev–Trinajstić information content (AvgIpc) is 2.64. The Balaban J connectivity index is 1.53. The first-order valence-corrected chi connectivity index (χ1v) is 9.35. The lowest BCUT2D eigenvalue weighted by Crippen LogP contribution is -2.48. The number of benzene rings is 2. The van der Waals surface area contributed by atoms with E-state index in [0.717, 1.165) is 25.2 Å². The van der Waals surface area contributed by atoms with Gasteiger partial charge in [0.1, 0.15) is 5.82 Å². The van der Waals surface area contributed by atoms with E-state index < -0.39 is 11.3 Å². The highest BCUT2D eigenvalue weighted by atomic mass is 32.2. The van der Waals surface area contributed by atoms with Gasteiger partial charge in [-0.3, -0.25) is 19.0 Å². The van der Waals surface area contributed by atoms with Crippen LogP contribution in [0.5, 0.6) is 0 Å².